The Morgan fingerprint density at radius 2 is 2.30 bits per heavy atom. The van der Waals surface area contributed by atoms with Gasteiger partial charge in [0.25, 0.3) is 0 Å². The van der Waals surface area contributed by atoms with Gasteiger partial charge in [0, 0.05) is 30.1 Å². The Kier molecular flexibility index (Phi) is 3.71. The first-order chi connectivity index (χ1) is 9.76. The average molecular weight is 287 g/mol. The Morgan fingerprint density at radius 3 is 3.15 bits per heavy atom. The number of benzene rings is 1. The minimum absolute atomic E-state index is 0.158. The highest BCUT2D eigenvalue weighted by molar-refractivity contribution is 7.10. The summed E-state index contributed by atoms with van der Waals surface area (Å²) in [5.41, 5.74) is 9.04. The van der Waals surface area contributed by atoms with Crippen LogP contribution in [0.4, 0.5) is 0 Å². The van der Waals surface area contributed by atoms with Gasteiger partial charge in [0.1, 0.15) is 0 Å². The number of fused-ring (bicyclic) bond motifs is 1. The predicted molar refractivity (Wildman–Crippen MR) is 81.1 cm³/mol. The molecule has 1 aliphatic heterocycles. The second-order valence-electron chi connectivity index (χ2n) is 5.02. The van der Waals surface area contributed by atoms with Crippen LogP contribution in [-0.2, 0) is 19.5 Å². The lowest BCUT2D eigenvalue weighted by Crippen LogP contribution is -2.29. The largest absolute Gasteiger partial charge is 0.409 e. The van der Waals surface area contributed by atoms with E-state index in [4.69, 9.17) is 10.9 Å². The molecule has 0 atom stereocenters. The first kappa shape index (κ1) is 13.1. The Balaban J connectivity index is 1.73. The summed E-state index contributed by atoms with van der Waals surface area (Å²) in [5.74, 6) is 0.158. The van der Waals surface area contributed by atoms with Crippen molar-refractivity contribution in [1.82, 2.24) is 4.90 Å². The van der Waals surface area contributed by atoms with Gasteiger partial charge in [-0.3, -0.25) is 4.90 Å². The lowest BCUT2D eigenvalue weighted by molar-refractivity contribution is 0.247. The SMILES string of the molecule is N/C(=N\O)c1cccc(CN2CCc3sccc3C2)c1. The molecule has 2 heterocycles. The Labute approximate surface area is 122 Å². The van der Waals surface area contributed by atoms with E-state index in [0.29, 0.717) is 0 Å². The Bertz CT molecular complexity index is 636. The van der Waals surface area contributed by atoms with Crippen LogP contribution >= 0.6 is 11.3 Å². The Hall–Kier alpha value is -1.85. The summed E-state index contributed by atoms with van der Waals surface area (Å²) >= 11 is 1.86. The topological polar surface area (TPSA) is 61.9 Å². The van der Waals surface area contributed by atoms with Gasteiger partial charge in [-0.05, 0) is 35.1 Å². The van der Waals surface area contributed by atoms with Gasteiger partial charge >= 0.3 is 0 Å². The van der Waals surface area contributed by atoms with Crippen molar-refractivity contribution in [2.24, 2.45) is 10.9 Å². The molecule has 4 nitrogen and oxygen atoms in total. The average Bonchev–Trinajstić information content (AvgIpc) is 2.94. The minimum atomic E-state index is 0.158. The molecule has 0 unspecified atom stereocenters. The van der Waals surface area contributed by atoms with Gasteiger partial charge in [0.15, 0.2) is 5.84 Å². The molecule has 104 valence electrons. The second-order valence-corrected chi connectivity index (χ2v) is 6.02. The number of thiophene rings is 1. The minimum Gasteiger partial charge on any atom is -0.409 e. The van der Waals surface area contributed by atoms with E-state index in [2.05, 4.69) is 27.6 Å². The monoisotopic (exact) mass is 287 g/mol. The zero-order chi connectivity index (χ0) is 13.9. The quantitative estimate of drug-likeness (QED) is 0.394. The molecule has 5 heteroatoms. The van der Waals surface area contributed by atoms with E-state index in [-0.39, 0.29) is 5.84 Å². The van der Waals surface area contributed by atoms with Gasteiger partial charge in [0.2, 0.25) is 0 Å². The third-order valence-corrected chi connectivity index (χ3v) is 4.65. The van der Waals surface area contributed by atoms with Crippen LogP contribution in [-0.4, -0.2) is 22.5 Å². The molecule has 0 amide bonds. The summed E-state index contributed by atoms with van der Waals surface area (Å²) in [4.78, 5) is 3.95. The zero-order valence-electron chi connectivity index (χ0n) is 11.1. The van der Waals surface area contributed by atoms with Crippen LogP contribution in [0.25, 0.3) is 0 Å². The Morgan fingerprint density at radius 1 is 1.40 bits per heavy atom. The first-order valence-corrected chi connectivity index (χ1v) is 7.48. The van der Waals surface area contributed by atoms with Gasteiger partial charge in [-0.2, -0.15) is 0 Å². The fourth-order valence-electron chi connectivity index (χ4n) is 2.59. The summed E-state index contributed by atoms with van der Waals surface area (Å²) in [7, 11) is 0. The predicted octanol–water partition coefficient (Wildman–Crippen LogP) is 2.40. The number of hydrogen-bond acceptors (Lipinski definition) is 4. The van der Waals surface area contributed by atoms with Crippen LogP contribution in [0.3, 0.4) is 0 Å². The van der Waals surface area contributed by atoms with Crippen LogP contribution in [0.15, 0.2) is 40.9 Å². The van der Waals surface area contributed by atoms with E-state index in [1.807, 2.05) is 29.5 Å². The molecule has 0 fully saturated rings. The van der Waals surface area contributed by atoms with Crippen molar-refractivity contribution in [3.63, 3.8) is 0 Å². The second kappa shape index (κ2) is 5.64. The van der Waals surface area contributed by atoms with Crippen molar-refractivity contribution >= 4 is 17.2 Å². The van der Waals surface area contributed by atoms with E-state index >= 15 is 0 Å². The van der Waals surface area contributed by atoms with Crippen LogP contribution in [0.1, 0.15) is 21.6 Å². The van der Waals surface area contributed by atoms with Crippen molar-refractivity contribution in [2.75, 3.05) is 6.54 Å². The summed E-state index contributed by atoms with van der Waals surface area (Å²) < 4.78 is 0. The molecule has 1 aromatic heterocycles. The fourth-order valence-corrected chi connectivity index (χ4v) is 3.48. The molecular formula is C15H17N3OS. The van der Waals surface area contributed by atoms with Gasteiger partial charge in [-0.15, -0.1) is 11.3 Å². The van der Waals surface area contributed by atoms with E-state index in [9.17, 15) is 0 Å². The molecule has 3 rings (SSSR count). The van der Waals surface area contributed by atoms with Gasteiger partial charge < -0.3 is 10.9 Å². The van der Waals surface area contributed by atoms with Gasteiger partial charge in [0.05, 0.1) is 0 Å². The third kappa shape index (κ3) is 2.69. The lowest BCUT2D eigenvalue weighted by Gasteiger charge is -2.26. The molecule has 0 bridgehead atoms. The zero-order valence-corrected chi connectivity index (χ0v) is 11.9. The molecule has 0 saturated heterocycles. The van der Waals surface area contributed by atoms with E-state index in [1.54, 1.807) is 0 Å². The molecule has 3 N–H and O–H groups in total. The summed E-state index contributed by atoms with van der Waals surface area (Å²) in [6.07, 6.45) is 1.13. The summed E-state index contributed by atoms with van der Waals surface area (Å²) in [5, 5.41) is 14.0. The number of amidine groups is 1. The number of hydrogen-bond donors (Lipinski definition) is 2. The maximum absolute atomic E-state index is 8.74. The highest BCUT2D eigenvalue weighted by Gasteiger charge is 2.17. The van der Waals surface area contributed by atoms with Crippen molar-refractivity contribution in [1.29, 1.82) is 0 Å². The van der Waals surface area contributed by atoms with Crippen molar-refractivity contribution in [2.45, 2.75) is 19.5 Å². The van der Waals surface area contributed by atoms with Crippen LogP contribution < -0.4 is 5.73 Å². The van der Waals surface area contributed by atoms with Crippen LogP contribution in [0.2, 0.25) is 0 Å². The van der Waals surface area contributed by atoms with Gasteiger partial charge in [-0.25, -0.2) is 0 Å². The van der Waals surface area contributed by atoms with Crippen LogP contribution in [0.5, 0.6) is 0 Å². The number of nitrogens with zero attached hydrogens (tertiary/aromatic N) is 2. The molecule has 0 radical (unpaired) electrons. The number of nitrogens with two attached hydrogens (primary N) is 1. The standard InChI is InChI=1S/C15H17N3OS/c16-15(17-19)12-3-1-2-11(8-12)9-18-6-4-14-13(10-18)5-7-20-14/h1-3,5,7-8,19H,4,6,9-10H2,(H2,16,17). The summed E-state index contributed by atoms with van der Waals surface area (Å²) in [6.45, 7) is 2.98. The molecule has 2 aromatic rings. The molecular weight excluding hydrogens is 270 g/mol. The summed E-state index contributed by atoms with van der Waals surface area (Å²) in [6, 6.07) is 10.1. The molecule has 1 aromatic carbocycles. The van der Waals surface area contributed by atoms with Crippen molar-refractivity contribution < 1.29 is 5.21 Å². The highest BCUT2D eigenvalue weighted by atomic mass is 32.1. The maximum Gasteiger partial charge on any atom is 0.170 e. The molecule has 0 saturated carbocycles. The lowest BCUT2D eigenvalue weighted by atomic mass is 10.1. The molecule has 0 aliphatic carbocycles. The number of oxime groups is 1. The molecule has 0 spiro atoms. The van der Waals surface area contributed by atoms with Crippen molar-refractivity contribution in [3.05, 3.63) is 57.3 Å². The third-order valence-electron chi connectivity index (χ3n) is 3.62. The van der Waals surface area contributed by atoms with Crippen LogP contribution in [0, 0.1) is 0 Å². The highest BCUT2D eigenvalue weighted by Crippen LogP contribution is 2.25. The fraction of sp³-hybridized carbons (Fsp3) is 0.267. The molecule has 20 heavy (non-hydrogen) atoms. The van der Waals surface area contributed by atoms with Gasteiger partial charge in [-0.1, -0.05) is 23.4 Å². The van der Waals surface area contributed by atoms with Crippen molar-refractivity contribution in [3.8, 4) is 0 Å². The van der Waals surface area contributed by atoms with E-state index in [0.717, 1.165) is 31.6 Å². The smallest absolute Gasteiger partial charge is 0.170 e. The normalized spacial score (nSPS) is 16.1. The molecule has 1 aliphatic rings. The van der Waals surface area contributed by atoms with E-state index < -0.39 is 0 Å². The van der Waals surface area contributed by atoms with E-state index in [1.165, 1.54) is 16.0 Å². The maximum atomic E-state index is 8.74. The number of rotatable bonds is 3. The first-order valence-electron chi connectivity index (χ1n) is 6.60.